The number of carbonyl (C=O) groups excluding carboxylic acids is 6. The minimum Gasteiger partial charge on any atom is -0.292 e. The molecule has 0 aromatic heterocycles. The van der Waals surface area contributed by atoms with Crippen molar-refractivity contribution in [3.8, 4) is 0 Å². The Hall–Kier alpha value is -4.14. The zero-order chi connectivity index (χ0) is 28.0. The zero-order valence-corrected chi connectivity index (χ0v) is 22.2. The number of hydrogen-bond donors (Lipinski definition) is 0. The molecule has 9 heteroatoms. The molecular weight excluding hydrogens is 510 g/mol. The first-order chi connectivity index (χ1) is 19.4. The van der Waals surface area contributed by atoms with E-state index in [0.717, 1.165) is 35.7 Å². The van der Waals surface area contributed by atoms with Gasteiger partial charge in [0, 0.05) is 11.1 Å². The van der Waals surface area contributed by atoms with E-state index in [1.54, 1.807) is 30.3 Å². The molecule has 2 aromatic rings. The molecule has 2 saturated carbocycles. The summed E-state index contributed by atoms with van der Waals surface area (Å²) >= 11 is 0. The molecule has 2 saturated heterocycles. The molecule has 0 spiro atoms. The summed E-state index contributed by atoms with van der Waals surface area (Å²) < 4.78 is 0. The molecule has 2 aliphatic carbocycles. The number of ketones is 1. The molecule has 5 amide bonds. The second-order valence-electron chi connectivity index (χ2n) is 11.2. The predicted molar refractivity (Wildman–Crippen MR) is 143 cm³/mol. The number of hydrazine groups is 1. The van der Waals surface area contributed by atoms with Gasteiger partial charge < -0.3 is 0 Å². The van der Waals surface area contributed by atoms with Crippen LogP contribution in [0.4, 0.5) is 5.69 Å². The number of nitrogens with zero attached hydrogens (tertiary/aromatic N) is 3. The summed E-state index contributed by atoms with van der Waals surface area (Å²) in [6, 6.07) is 14.4. The highest BCUT2D eigenvalue weighted by molar-refractivity contribution is 6.22. The van der Waals surface area contributed by atoms with E-state index < -0.39 is 41.9 Å². The molecule has 2 aliphatic heterocycles. The molecule has 0 radical (unpaired) electrons. The van der Waals surface area contributed by atoms with Crippen molar-refractivity contribution in [2.75, 3.05) is 11.4 Å². The SMILES string of the molecule is O=C(CN(C(=O)c1ccc(N2C(=O)[C@H]3CCCC[C@H]3C2=O)cc1)N1C(=O)[C@@H]2CCCC[C@H]2C1=O)c1ccccc1. The second-order valence-corrected chi connectivity index (χ2v) is 11.2. The Bertz CT molecular complexity index is 1340. The summed E-state index contributed by atoms with van der Waals surface area (Å²) in [5.41, 5.74) is 0.878. The summed E-state index contributed by atoms with van der Waals surface area (Å²) in [7, 11) is 0. The van der Waals surface area contributed by atoms with E-state index in [1.807, 2.05) is 0 Å². The normalized spacial score (nSPS) is 26.1. The van der Waals surface area contributed by atoms with Gasteiger partial charge in [-0.1, -0.05) is 56.0 Å². The van der Waals surface area contributed by atoms with Crippen molar-refractivity contribution in [1.29, 1.82) is 0 Å². The Labute approximate surface area is 232 Å². The van der Waals surface area contributed by atoms with Gasteiger partial charge in [0.1, 0.15) is 6.54 Å². The molecular formula is C31H31N3O6. The molecule has 4 fully saturated rings. The molecule has 9 nitrogen and oxygen atoms in total. The number of imide groups is 2. The van der Waals surface area contributed by atoms with Crippen molar-refractivity contribution in [1.82, 2.24) is 10.0 Å². The fourth-order valence-corrected chi connectivity index (χ4v) is 6.79. The molecule has 206 valence electrons. The van der Waals surface area contributed by atoms with Gasteiger partial charge in [-0.25, -0.2) is 5.01 Å². The average molecular weight is 542 g/mol. The smallest absolute Gasteiger partial charge is 0.273 e. The number of Topliss-reactive ketones (excluding diaryl/α,β-unsaturated/α-hetero) is 1. The number of anilines is 1. The van der Waals surface area contributed by atoms with Crippen LogP contribution in [0.15, 0.2) is 54.6 Å². The number of amides is 5. The monoisotopic (exact) mass is 541 g/mol. The third-order valence-electron chi connectivity index (χ3n) is 8.90. The van der Waals surface area contributed by atoms with Crippen LogP contribution in [0.25, 0.3) is 0 Å². The van der Waals surface area contributed by atoms with Crippen LogP contribution >= 0.6 is 0 Å². The lowest BCUT2D eigenvalue weighted by Crippen LogP contribution is -2.52. The first-order valence-electron chi connectivity index (χ1n) is 14.1. The highest BCUT2D eigenvalue weighted by atomic mass is 16.2. The van der Waals surface area contributed by atoms with Crippen molar-refractivity contribution >= 4 is 41.0 Å². The van der Waals surface area contributed by atoms with Crippen molar-refractivity contribution in [3.05, 3.63) is 65.7 Å². The lowest BCUT2D eigenvalue weighted by molar-refractivity contribution is -0.154. The molecule has 2 heterocycles. The van der Waals surface area contributed by atoms with E-state index in [0.29, 0.717) is 36.9 Å². The van der Waals surface area contributed by atoms with Crippen LogP contribution in [0, 0.1) is 23.7 Å². The Morgan fingerprint density at radius 1 is 0.625 bits per heavy atom. The lowest BCUT2D eigenvalue weighted by Gasteiger charge is -2.30. The van der Waals surface area contributed by atoms with E-state index in [1.165, 1.54) is 29.2 Å². The van der Waals surface area contributed by atoms with Crippen molar-refractivity contribution in [3.63, 3.8) is 0 Å². The van der Waals surface area contributed by atoms with E-state index in [4.69, 9.17) is 0 Å². The topological polar surface area (TPSA) is 112 Å². The fourth-order valence-electron chi connectivity index (χ4n) is 6.79. The maximum absolute atomic E-state index is 13.8. The minimum atomic E-state index is -0.677. The molecule has 2 aromatic carbocycles. The van der Waals surface area contributed by atoms with Crippen LogP contribution in [-0.4, -0.2) is 51.9 Å². The van der Waals surface area contributed by atoms with Crippen LogP contribution in [0.3, 0.4) is 0 Å². The molecule has 4 atom stereocenters. The molecule has 6 rings (SSSR count). The number of carbonyl (C=O) groups is 6. The zero-order valence-electron chi connectivity index (χ0n) is 22.2. The maximum Gasteiger partial charge on any atom is 0.273 e. The van der Waals surface area contributed by atoms with E-state index in [-0.39, 0.29) is 29.2 Å². The minimum absolute atomic E-state index is 0.136. The van der Waals surface area contributed by atoms with Gasteiger partial charge in [0.15, 0.2) is 5.78 Å². The Morgan fingerprint density at radius 2 is 1.10 bits per heavy atom. The standard InChI is InChI=1S/C31H31N3O6/c35-26(19-8-2-1-3-9-19)18-32(34-30(39)24-12-6-7-13-25(24)31(34)40)27(36)20-14-16-21(17-15-20)33-28(37)22-10-4-5-11-23(22)29(33)38/h1-3,8-9,14-17,22-25H,4-7,10-13,18H2/t22-,23+,24-,25-/m1/s1. The van der Waals surface area contributed by atoms with E-state index >= 15 is 0 Å². The average Bonchev–Trinajstić information content (AvgIpc) is 3.40. The maximum atomic E-state index is 13.8. The van der Waals surface area contributed by atoms with Gasteiger partial charge in [-0.15, -0.1) is 0 Å². The second kappa shape index (κ2) is 10.4. The van der Waals surface area contributed by atoms with Gasteiger partial charge in [0.25, 0.3) is 17.7 Å². The van der Waals surface area contributed by atoms with Gasteiger partial charge in [-0.05, 0) is 49.9 Å². The first kappa shape index (κ1) is 26.1. The van der Waals surface area contributed by atoms with Gasteiger partial charge in [0.2, 0.25) is 11.8 Å². The van der Waals surface area contributed by atoms with Gasteiger partial charge in [-0.3, -0.25) is 33.7 Å². The van der Waals surface area contributed by atoms with Gasteiger partial charge in [-0.2, -0.15) is 5.01 Å². The number of hydrogen-bond acceptors (Lipinski definition) is 6. The van der Waals surface area contributed by atoms with Crippen LogP contribution in [0.5, 0.6) is 0 Å². The summed E-state index contributed by atoms with van der Waals surface area (Å²) in [4.78, 5) is 81.0. The molecule has 0 N–H and O–H groups in total. The predicted octanol–water partition coefficient (Wildman–Crippen LogP) is 3.78. The third kappa shape index (κ3) is 4.33. The van der Waals surface area contributed by atoms with Crippen LogP contribution in [0.2, 0.25) is 0 Å². The fraction of sp³-hybridized carbons (Fsp3) is 0.419. The van der Waals surface area contributed by atoms with Crippen molar-refractivity contribution in [2.24, 2.45) is 23.7 Å². The number of rotatable bonds is 6. The van der Waals surface area contributed by atoms with Crippen LogP contribution < -0.4 is 4.90 Å². The summed E-state index contributed by atoms with van der Waals surface area (Å²) in [6.07, 6.45) is 6.08. The van der Waals surface area contributed by atoms with E-state index in [2.05, 4.69) is 0 Å². The number of benzene rings is 2. The van der Waals surface area contributed by atoms with Gasteiger partial charge >= 0.3 is 0 Å². The first-order valence-corrected chi connectivity index (χ1v) is 14.1. The summed E-state index contributed by atoms with van der Waals surface area (Å²) in [6.45, 7) is -0.478. The Morgan fingerprint density at radius 3 is 1.60 bits per heavy atom. The molecule has 4 aliphatic rings. The summed E-state index contributed by atoms with van der Waals surface area (Å²) in [5.74, 6) is -3.95. The molecule has 0 unspecified atom stereocenters. The van der Waals surface area contributed by atoms with E-state index in [9.17, 15) is 28.8 Å². The lowest BCUT2D eigenvalue weighted by atomic mass is 9.81. The van der Waals surface area contributed by atoms with Crippen LogP contribution in [0.1, 0.15) is 72.1 Å². The highest BCUT2D eigenvalue weighted by Crippen LogP contribution is 2.41. The number of fused-ring (bicyclic) bond motifs is 2. The van der Waals surface area contributed by atoms with Crippen LogP contribution in [-0.2, 0) is 19.2 Å². The van der Waals surface area contributed by atoms with Gasteiger partial charge in [0.05, 0.1) is 29.4 Å². The van der Waals surface area contributed by atoms with Crippen molar-refractivity contribution < 1.29 is 28.8 Å². The highest BCUT2D eigenvalue weighted by Gasteiger charge is 2.52. The largest absolute Gasteiger partial charge is 0.292 e. The molecule has 0 bridgehead atoms. The summed E-state index contributed by atoms with van der Waals surface area (Å²) in [5, 5.41) is 1.85. The Kier molecular flexibility index (Phi) is 6.82. The quantitative estimate of drug-likeness (QED) is 0.406. The van der Waals surface area contributed by atoms with Crippen molar-refractivity contribution in [2.45, 2.75) is 51.4 Å². The third-order valence-corrected chi connectivity index (χ3v) is 8.90. The molecule has 40 heavy (non-hydrogen) atoms. The Balaban J connectivity index is 1.29.